The normalized spacial score (nSPS) is 10.4. The third kappa shape index (κ3) is 5.76. The monoisotopic (exact) mass is 333 g/mol. The number of rotatable bonds is 8. The van der Waals surface area contributed by atoms with Crippen molar-refractivity contribution in [3.63, 3.8) is 0 Å². The second-order valence-electron chi connectivity index (χ2n) is 4.64. The van der Waals surface area contributed by atoms with Gasteiger partial charge in [0.2, 0.25) is 0 Å². The second-order valence-corrected chi connectivity index (χ2v) is 5.56. The van der Waals surface area contributed by atoms with Crippen molar-refractivity contribution < 1.29 is 4.74 Å². The van der Waals surface area contributed by atoms with Gasteiger partial charge in [0.05, 0.1) is 0 Å². The number of aryl methyl sites for hydroxylation is 1. The smallest absolute Gasteiger partial charge is 0.120 e. The lowest BCUT2D eigenvalue weighted by atomic mass is 10.1. The molecular weight excluding hydrogens is 314 g/mol. The van der Waals surface area contributed by atoms with Gasteiger partial charge in [-0.05, 0) is 43.1 Å². The van der Waals surface area contributed by atoms with Crippen molar-refractivity contribution in [3.05, 3.63) is 64.6 Å². The van der Waals surface area contributed by atoms with Gasteiger partial charge in [0.1, 0.15) is 12.4 Å². The molecule has 1 N–H and O–H groups in total. The molecule has 0 heterocycles. The van der Waals surface area contributed by atoms with Crippen LogP contribution in [-0.4, -0.2) is 19.7 Å². The standard InChI is InChI=1S/C17H20BrNO/c18-16-9-4-10-17(14-16)20-13-12-19-11-5-8-15-6-2-1-3-7-15/h1-4,6-7,9-10,14,19H,5,8,11-13H2. The van der Waals surface area contributed by atoms with Crippen LogP contribution in [-0.2, 0) is 6.42 Å². The first-order valence-electron chi connectivity index (χ1n) is 6.97. The summed E-state index contributed by atoms with van der Waals surface area (Å²) in [4.78, 5) is 0. The number of benzene rings is 2. The van der Waals surface area contributed by atoms with E-state index in [1.54, 1.807) is 0 Å². The van der Waals surface area contributed by atoms with Crippen LogP contribution in [0, 0.1) is 0 Å². The average molecular weight is 334 g/mol. The summed E-state index contributed by atoms with van der Waals surface area (Å²) in [5.74, 6) is 0.908. The fraction of sp³-hybridized carbons (Fsp3) is 0.294. The van der Waals surface area contributed by atoms with E-state index >= 15 is 0 Å². The summed E-state index contributed by atoms with van der Waals surface area (Å²) in [6.07, 6.45) is 2.28. The van der Waals surface area contributed by atoms with Gasteiger partial charge in [-0.25, -0.2) is 0 Å². The molecule has 2 aromatic carbocycles. The summed E-state index contributed by atoms with van der Waals surface area (Å²) in [6.45, 7) is 2.60. The molecule has 3 heteroatoms. The molecular formula is C17H20BrNO. The summed E-state index contributed by atoms with van der Waals surface area (Å²) in [6, 6.07) is 18.5. The van der Waals surface area contributed by atoms with E-state index in [4.69, 9.17) is 4.74 Å². The molecule has 2 nitrogen and oxygen atoms in total. The van der Waals surface area contributed by atoms with Crippen LogP contribution in [0.2, 0.25) is 0 Å². The van der Waals surface area contributed by atoms with E-state index in [-0.39, 0.29) is 0 Å². The topological polar surface area (TPSA) is 21.3 Å². The van der Waals surface area contributed by atoms with Gasteiger partial charge in [0, 0.05) is 11.0 Å². The summed E-state index contributed by atoms with van der Waals surface area (Å²) in [7, 11) is 0. The fourth-order valence-electron chi connectivity index (χ4n) is 1.99. The van der Waals surface area contributed by atoms with E-state index < -0.39 is 0 Å². The van der Waals surface area contributed by atoms with Crippen LogP contribution in [0.4, 0.5) is 0 Å². The Morgan fingerprint density at radius 3 is 2.60 bits per heavy atom. The molecule has 0 unspecified atom stereocenters. The molecule has 0 bridgehead atoms. The van der Waals surface area contributed by atoms with Crippen molar-refractivity contribution in [1.29, 1.82) is 0 Å². The Morgan fingerprint density at radius 2 is 1.80 bits per heavy atom. The Kier molecular flexibility index (Phi) is 6.61. The molecule has 0 spiro atoms. The predicted octanol–water partition coefficient (Wildman–Crippen LogP) is 4.05. The highest BCUT2D eigenvalue weighted by atomic mass is 79.9. The van der Waals surface area contributed by atoms with E-state index in [2.05, 4.69) is 51.6 Å². The fourth-order valence-corrected chi connectivity index (χ4v) is 2.36. The van der Waals surface area contributed by atoms with E-state index in [0.29, 0.717) is 6.61 Å². The van der Waals surface area contributed by atoms with E-state index in [9.17, 15) is 0 Å². The first kappa shape index (κ1) is 15.1. The van der Waals surface area contributed by atoms with Crippen LogP contribution in [0.25, 0.3) is 0 Å². The molecule has 0 saturated heterocycles. The molecule has 0 amide bonds. The van der Waals surface area contributed by atoms with Crippen molar-refractivity contribution >= 4 is 15.9 Å². The second kappa shape index (κ2) is 8.77. The summed E-state index contributed by atoms with van der Waals surface area (Å²) in [5, 5.41) is 3.40. The highest BCUT2D eigenvalue weighted by Gasteiger charge is 1.95. The lowest BCUT2D eigenvalue weighted by Crippen LogP contribution is -2.22. The maximum absolute atomic E-state index is 5.66. The van der Waals surface area contributed by atoms with E-state index in [1.807, 2.05) is 24.3 Å². The molecule has 0 aliphatic rings. The third-order valence-corrected chi connectivity index (χ3v) is 3.50. The molecule has 0 radical (unpaired) electrons. The predicted molar refractivity (Wildman–Crippen MR) is 87.3 cm³/mol. The third-order valence-electron chi connectivity index (χ3n) is 3.01. The van der Waals surface area contributed by atoms with Gasteiger partial charge in [-0.1, -0.05) is 52.3 Å². The molecule has 0 fully saturated rings. The first-order chi connectivity index (χ1) is 9.84. The number of hydrogen-bond donors (Lipinski definition) is 1. The number of nitrogens with one attached hydrogen (secondary N) is 1. The van der Waals surface area contributed by atoms with Gasteiger partial charge in [0.15, 0.2) is 0 Å². The Bertz CT molecular complexity index is 501. The minimum atomic E-state index is 0.696. The molecule has 2 rings (SSSR count). The zero-order chi connectivity index (χ0) is 14.0. The minimum absolute atomic E-state index is 0.696. The van der Waals surface area contributed by atoms with Crippen molar-refractivity contribution in [2.75, 3.05) is 19.7 Å². The maximum atomic E-state index is 5.66. The van der Waals surface area contributed by atoms with Gasteiger partial charge < -0.3 is 10.1 Å². The van der Waals surface area contributed by atoms with Crippen LogP contribution >= 0.6 is 15.9 Å². The Morgan fingerprint density at radius 1 is 0.950 bits per heavy atom. The summed E-state index contributed by atoms with van der Waals surface area (Å²) in [5.41, 5.74) is 1.40. The van der Waals surface area contributed by atoms with Crippen LogP contribution in [0.3, 0.4) is 0 Å². The molecule has 0 aliphatic heterocycles. The van der Waals surface area contributed by atoms with Crippen LogP contribution < -0.4 is 10.1 Å². The van der Waals surface area contributed by atoms with Gasteiger partial charge in [-0.2, -0.15) is 0 Å². The lowest BCUT2D eigenvalue weighted by molar-refractivity contribution is 0.313. The van der Waals surface area contributed by atoms with Crippen LogP contribution in [0.1, 0.15) is 12.0 Å². The minimum Gasteiger partial charge on any atom is -0.492 e. The summed E-state index contributed by atoms with van der Waals surface area (Å²) >= 11 is 3.43. The summed E-state index contributed by atoms with van der Waals surface area (Å²) < 4.78 is 6.71. The number of halogens is 1. The molecule has 2 aromatic rings. The van der Waals surface area contributed by atoms with Gasteiger partial charge in [0.25, 0.3) is 0 Å². The highest BCUT2D eigenvalue weighted by molar-refractivity contribution is 9.10. The number of hydrogen-bond acceptors (Lipinski definition) is 2. The molecule has 0 atom stereocenters. The van der Waals surface area contributed by atoms with Crippen molar-refractivity contribution in [1.82, 2.24) is 5.32 Å². The van der Waals surface area contributed by atoms with Gasteiger partial charge in [-0.3, -0.25) is 0 Å². The molecule has 0 aromatic heterocycles. The largest absolute Gasteiger partial charge is 0.492 e. The molecule has 0 aliphatic carbocycles. The average Bonchev–Trinajstić information content (AvgIpc) is 2.47. The zero-order valence-electron chi connectivity index (χ0n) is 11.5. The lowest BCUT2D eigenvalue weighted by Gasteiger charge is -2.08. The SMILES string of the molecule is Brc1cccc(OCCNCCCc2ccccc2)c1. The Balaban J connectivity index is 1.52. The van der Waals surface area contributed by atoms with Crippen LogP contribution in [0.5, 0.6) is 5.75 Å². The number of ether oxygens (including phenoxy) is 1. The Hall–Kier alpha value is -1.32. The molecule has 106 valence electrons. The van der Waals surface area contributed by atoms with E-state index in [1.165, 1.54) is 5.56 Å². The zero-order valence-corrected chi connectivity index (χ0v) is 13.1. The van der Waals surface area contributed by atoms with Crippen molar-refractivity contribution in [3.8, 4) is 5.75 Å². The van der Waals surface area contributed by atoms with Crippen molar-refractivity contribution in [2.45, 2.75) is 12.8 Å². The Labute approximate surface area is 129 Å². The first-order valence-corrected chi connectivity index (χ1v) is 7.77. The van der Waals surface area contributed by atoms with Gasteiger partial charge >= 0.3 is 0 Å². The van der Waals surface area contributed by atoms with Gasteiger partial charge in [-0.15, -0.1) is 0 Å². The van der Waals surface area contributed by atoms with Crippen LogP contribution in [0.15, 0.2) is 59.1 Å². The maximum Gasteiger partial charge on any atom is 0.120 e. The quantitative estimate of drug-likeness (QED) is 0.736. The molecule has 20 heavy (non-hydrogen) atoms. The van der Waals surface area contributed by atoms with E-state index in [0.717, 1.165) is 36.2 Å². The highest BCUT2D eigenvalue weighted by Crippen LogP contribution is 2.17. The van der Waals surface area contributed by atoms with Crippen molar-refractivity contribution in [2.24, 2.45) is 0 Å². The molecule has 0 saturated carbocycles.